The smallest absolute Gasteiger partial charge is 0.255 e. The molecular weight excluding hydrogens is 408 g/mol. The number of carbonyl (C=O) groups excluding carboxylic acids is 3. The Labute approximate surface area is 174 Å². The fraction of sp³-hybridized carbons (Fsp3) is 0.550. The molecule has 0 bridgehead atoms. The minimum atomic E-state index is -3.15. The number of fused-ring (bicyclic) bond motifs is 2. The number of benzene rings is 1. The largest absolute Gasteiger partial charge is 0.326 e. The molecule has 4 aliphatic rings. The number of piperidine rings is 1. The van der Waals surface area contributed by atoms with Gasteiger partial charge in [0, 0.05) is 50.1 Å². The van der Waals surface area contributed by atoms with Gasteiger partial charge in [-0.2, -0.15) is 0 Å². The average Bonchev–Trinajstić information content (AvgIpc) is 3.30. The van der Waals surface area contributed by atoms with E-state index < -0.39 is 27.0 Å². The van der Waals surface area contributed by atoms with Crippen LogP contribution in [0.3, 0.4) is 0 Å². The molecule has 0 saturated carbocycles. The van der Waals surface area contributed by atoms with Crippen molar-refractivity contribution in [2.75, 3.05) is 18.8 Å². The molecule has 0 aromatic heterocycles. The van der Waals surface area contributed by atoms with Crippen LogP contribution in [-0.4, -0.2) is 72.1 Å². The number of nitrogens with zero attached hydrogens (tertiary/aromatic N) is 2. The van der Waals surface area contributed by atoms with Crippen molar-refractivity contribution in [1.29, 1.82) is 0 Å². The van der Waals surface area contributed by atoms with Crippen LogP contribution in [0.15, 0.2) is 18.2 Å². The molecule has 160 valence electrons. The van der Waals surface area contributed by atoms with E-state index in [0.717, 1.165) is 11.1 Å². The molecule has 0 spiro atoms. The standard InChI is InChI=1S/C20H24N4O5S/c21-15-10-30(28,29)17-9-23(7-14(15)17)6-11-2-1-3-12-13(11)8-24(20(12)27)16-4-5-18(25)22-19(16)26/h1-3,14-17H,4-10,21H2,(H,22,25,26)/t14-,15+,16?,17-/m0/s1. The summed E-state index contributed by atoms with van der Waals surface area (Å²) in [6.07, 6.45) is 0.541. The first-order valence-electron chi connectivity index (χ1n) is 10.2. The number of sulfone groups is 1. The summed E-state index contributed by atoms with van der Waals surface area (Å²) >= 11 is 0. The minimum Gasteiger partial charge on any atom is -0.326 e. The Morgan fingerprint density at radius 3 is 2.70 bits per heavy atom. The lowest BCUT2D eigenvalue weighted by atomic mass is 10.0. The fourth-order valence-corrected chi connectivity index (χ4v) is 7.64. The molecule has 4 heterocycles. The highest BCUT2D eigenvalue weighted by Crippen LogP contribution is 2.35. The van der Waals surface area contributed by atoms with Crippen molar-refractivity contribution in [2.45, 2.75) is 43.3 Å². The highest BCUT2D eigenvalue weighted by Gasteiger charge is 2.50. The second kappa shape index (κ2) is 6.86. The Balaban J connectivity index is 1.35. The third kappa shape index (κ3) is 3.05. The zero-order chi connectivity index (χ0) is 21.2. The van der Waals surface area contributed by atoms with Crippen LogP contribution in [0.2, 0.25) is 0 Å². The summed E-state index contributed by atoms with van der Waals surface area (Å²) in [6, 6.07) is 4.55. The maximum atomic E-state index is 13.0. The first-order valence-corrected chi connectivity index (χ1v) is 11.9. The first kappa shape index (κ1) is 19.7. The van der Waals surface area contributed by atoms with Gasteiger partial charge in [-0.15, -0.1) is 0 Å². The van der Waals surface area contributed by atoms with E-state index in [-0.39, 0.29) is 35.9 Å². The highest BCUT2D eigenvalue weighted by atomic mass is 32.2. The van der Waals surface area contributed by atoms with E-state index in [0.29, 0.717) is 38.2 Å². The molecule has 9 nitrogen and oxygen atoms in total. The fourth-order valence-electron chi connectivity index (χ4n) is 5.35. The van der Waals surface area contributed by atoms with Gasteiger partial charge in [0.25, 0.3) is 5.91 Å². The molecule has 0 aliphatic carbocycles. The number of carbonyl (C=O) groups is 3. The summed E-state index contributed by atoms with van der Waals surface area (Å²) in [7, 11) is -3.15. The quantitative estimate of drug-likeness (QED) is 0.586. The lowest BCUT2D eigenvalue weighted by Gasteiger charge is -2.29. The van der Waals surface area contributed by atoms with E-state index in [9.17, 15) is 22.8 Å². The van der Waals surface area contributed by atoms with Gasteiger partial charge in [0.1, 0.15) is 6.04 Å². The first-order chi connectivity index (χ1) is 14.2. The van der Waals surface area contributed by atoms with Crippen LogP contribution in [0.1, 0.15) is 34.3 Å². The van der Waals surface area contributed by atoms with Gasteiger partial charge in [0.05, 0.1) is 11.0 Å². The molecule has 30 heavy (non-hydrogen) atoms. The van der Waals surface area contributed by atoms with Crippen molar-refractivity contribution in [3.8, 4) is 0 Å². The van der Waals surface area contributed by atoms with Crippen LogP contribution in [0.5, 0.6) is 0 Å². The van der Waals surface area contributed by atoms with Gasteiger partial charge >= 0.3 is 0 Å². The SMILES string of the molecule is N[C@@H]1CS(=O)(=O)[C@H]2CN(Cc3cccc4c3CN(C3CCC(=O)NC3=O)C4=O)C[C@@H]12. The lowest BCUT2D eigenvalue weighted by Crippen LogP contribution is -2.52. The summed E-state index contributed by atoms with van der Waals surface area (Å²) < 4.78 is 24.7. The van der Waals surface area contributed by atoms with E-state index in [2.05, 4.69) is 10.2 Å². The van der Waals surface area contributed by atoms with Gasteiger partial charge in [0.2, 0.25) is 11.8 Å². The van der Waals surface area contributed by atoms with E-state index in [4.69, 9.17) is 5.73 Å². The number of rotatable bonds is 3. The molecule has 10 heteroatoms. The summed E-state index contributed by atoms with van der Waals surface area (Å²) in [5.74, 6) is -0.932. The molecular formula is C20H24N4O5S. The second-order valence-electron chi connectivity index (χ2n) is 8.73. The van der Waals surface area contributed by atoms with E-state index in [1.807, 2.05) is 12.1 Å². The Hall–Kier alpha value is -2.30. The molecule has 5 rings (SSSR count). The summed E-state index contributed by atoms with van der Waals surface area (Å²) in [5, 5.41) is 1.90. The monoisotopic (exact) mass is 432 g/mol. The molecule has 1 aromatic rings. The molecule has 4 aliphatic heterocycles. The molecule has 1 unspecified atom stereocenters. The predicted octanol–water partition coefficient (Wildman–Crippen LogP) is -0.996. The van der Waals surface area contributed by atoms with Gasteiger partial charge in [0.15, 0.2) is 9.84 Å². The number of hydrogen-bond acceptors (Lipinski definition) is 7. The van der Waals surface area contributed by atoms with Crippen LogP contribution in [0.25, 0.3) is 0 Å². The molecule has 4 atom stereocenters. The maximum absolute atomic E-state index is 13.0. The number of nitrogens with two attached hydrogens (primary N) is 1. The van der Waals surface area contributed by atoms with Crippen LogP contribution < -0.4 is 11.1 Å². The van der Waals surface area contributed by atoms with Crippen molar-refractivity contribution in [3.63, 3.8) is 0 Å². The molecule has 3 amide bonds. The van der Waals surface area contributed by atoms with E-state index >= 15 is 0 Å². The van der Waals surface area contributed by atoms with Gasteiger partial charge < -0.3 is 10.6 Å². The van der Waals surface area contributed by atoms with Crippen molar-refractivity contribution in [3.05, 3.63) is 34.9 Å². The number of hydrogen-bond donors (Lipinski definition) is 2. The van der Waals surface area contributed by atoms with Gasteiger partial charge in [-0.25, -0.2) is 8.42 Å². The predicted molar refractivity (Wildman–Crippen MR) is 107 cm³/mol. The normalized spacial score (nSPS) is 33.0. The second-order valence-corrected chi connectivity index (χ2v) is 11.0. The summed E-state index contributed by atoms with van der Waals surface area (Å²) in [4.78, 5) is 40.3. The van der Waals surface area contributed by atoms with Crippen molar-refractivity contribution >= 4 is 27.6 Å². The van der Waals surface area contributed by atoms with Gasteiger partial charge in [-0.1, -0.05) is 12.1 Å². The zero-order valence-electron chi connectivity index (χ0n) is 16.4. The van der Waals surface area contributed by atoms with Crippen LogP contribution >= 0.6 is 0 Å². The van der Waals surface area contributed by atoms with Crippen LogP contribution in [0, 0.1) is 5.92 Å². The topological polar surface area (TPSA) is 130 Å². The highest BCUT2D eigenvalue weighted by molar-refractivity contribution is 7.92. The maximum Gasteiger partial charge on any atom is 0.255 e. The Morgan fingerprint density at radius 2 is 1.97 bits per heavy atom. The number of likely N-dealkylation sites (tertiary alicyclic amines) is 1. The minimum absolute atomic E-state index is 0.0478. The van der Waals surface area contributed by atoms with E-state index in [1.165, 1.54) is 4.90 Å². The Kier molecular flexibility index (Phi) is 4.49. The summed E-state index contributed by atoms with van der Waals surface area (Å²) in [5.41, 5.74) is 8.47. The van der Waals surface area contributed by atoms with Crippen LogP contribution in [-0.2, 0) is 32.5 Å². The van der Waals surface area contributed by atoms with E-state index in [1.54, 1.807) is 6.07 Å². The molecule has 0 radical (unpaired) electrons. The van der Waals surface area contributed by atoms with Gasteiger partial charge in [-0.05, 0) is 23.6 Å². The lowest BCUT2D eigenvalue weighted by molar-refractivity contribution is -0.136. The molecule has 3 fully saturated rings. The Bertz CT molecular complexity index is 1060. The number of nitrogens with one attached hydrogen (secondary N) is 1. The summed E-state index contributed by atoms with van der Waals surface area (Å²) in [6.45, 7) is 1.93. The average molecular weight is 433 g/mol. The molecule has 3 N–H and O–H groups in total. The number of imide groups is 1. The van der Waals surface area contributed by atoms with Gasteiger partial charge in [-0.3, -0.25) is 24.6 Å². The van der Waals surface area contributed by atoms with Crippen molar-refractivity contribution < 1.29 is 22.8 Å². The Morgan fingerprint density at radius 1 is 1.17 bits per heavy atom. The van der Waals surface area contributed by atoms with Crippen molar-refractivity contribution in [1.82, 2.24) is 15.1 Å². The number of amides is 3. The third-order valence-electron chi connectivity index (χ3n) is 6.89. The molecule has 1 aromatic carbocycles. The third-order valence-corrected chi connectivity index (χ3v) is 9.16. The zero-order valence-corrected chi connectivity index (χ0v) is 17.2. The van der Waals surface area contributed by atoms with Crippen LogP contribution in [0.4, 0.5) is 0 Å². The van der Waals surface area contributed by atoms with Crippen molar-refractivity contribution in [2.24, 2.45) is 11.7 Å². The molecule has 3 saturated heterocycles.